The minimum Gasteiger partial charge on any atom is -0.336 e. The number of rotatable bonds is 5. The van der Waals surface area contributed by atoms with Crippen LogP contribution in [0, 0.1) is 6.26 Å². The fraction of sp³-hybridized carbons (Fsp3) is 0.190. The van der Waals surface area contributed by atoms with Crippen LogP contribution in [-0.2, 0) is 17.6 Å². The van der Waals surface area contributed by atoms with E-state index in [1.807, 2.05) is 10.9 Å². The molecule has 1 aliphatic heterocycles. The third-order valence-corrected chi connectivity index (χ3v) is 4.95. The largest absolute Gasteiger partial charge is 0.337 e. The Hall–Kier alpha value is -3.50. The van der Waals surface area contributed by atoms with Crippen molar-refractivity contribution < 1.29 is 14.1 Å². The quantitative estimate of drug-likeness (QED) is 0.515. The van der Waals surface area contributed by atoms with E-state index in [9.17, 15) is 4.79 Å². The number of ether oxygens (including phenoxy) is 1. The normalized spacial score (nSPS) is 17.3. The summed E-state index contributed by atoms with van der Waals surface area (Å²) >= 11 is 0. The highest BCUT2D eigenvalue weighted by molar-refractivity contribution is 5.96. The minimum atomic E-state index is -0.119. The average molecular weight is 358 g/mol. The summed E-state index contributed by atoms with van der Waals surface area (Å²) in [5, 5.41) is 8.35. The SMILES string of the molecule is O=C(Cc1cnn([C@H]2CCc3ccccc32)c1)c1cc(C2=CC=[C+]O2)on1. The predicted molar refractivity (Wildman–Crippen MR) is 96.5 cm³/mol. The fourth-order valence-electron chi connectivity index (χ4n) is 3.62. The third-order valence-electron chi connectivity index (χ3n) is 4.95. The molecule has 132 valence electrons. The third kappa shape index (κ3) is 2.86. The lowest BCUT2D eigenvalue weighted by molar-refractivity contribution is 0.0984. The van der Waals surface area contributed by atoms with Crippen LogP contribution in [-0.4, -0.2) is 20.7 Å². The number of aryl methyl sites for hydroxylation is 1. The van der Waals surface area contributed by atoms with E-state index in [1.165, 1.54) is 11.1 Å². The molecule has 0 fully saturated rings. The zero-order valence-corrected chi connectivity index (χ0v) is 14.5. The van der Waals surface area contributed by atoms with Crippen molar-refractivity contribution in [3.63, 3.8) is 0 Å². The van der Waals surface area contributed by atoms with Crippen molar-refractivity contribution >= 4 is 11.5 Å². The van der Waals surface area contributed by atoms with Crippen LogP contribution in [0.3, 0.4) is 0 Å². The molecular formula is C21H16N3O3+. The van der Waals surface area contributed by atoms with E-state index in [0.29, 0.717) is 11.5 Å². The standard InChI is InChI=1S/C21H16N3O3/c25-19(17-11-21(27-23-17)20-6-3-9-26-20)10-14-12-22-24(13-14)18-8-7-15-4-1-2-5-16(15)18/h1-6,11-13,18H,7-8,10H2/q+1/t18-/m0/s1. The van der Waals surface area contributed by atoms with Crippen molar-refractivity contribution in [1.82, 2.24) is 14.9 Å². The lowest BCUT2D eigenvalue weighted by Gasteiger charge is -2.11. The van der Waals surface area contributed by atoms with Crippen LogP contribution in [0.1, 0.15) is 45.4 Å². The van der Waals surface area contributed by atoms with E-state index in [4.69, 9.17) is 9.26 Å². The van der Waals surface area contributed by atoms with Crippen LogP contribution >= 0.6 is 0 Å². The van der Waals surface area contributed by atoms with Gasteiger partial charge in [0.1, 0.15) is 6.08 Å². The summed E-state index contributed by atoms with van der Waals surface area (Å²) in [7, 11) is 0. The van der Waals surface area contributed by atoms with Crippen LogP contribution < -0.4 is 0 Å². The number of nitrogens with zero attached hydrogens (tertiary/aromatic N) is 3. The average Bonchev–Trinajstić information content (AvgIpc) is 3.46. The number of carbonyl (C=O) groups excluding carboxylic acids is 1. The molecule has 0 amide bonds. The molecule has 1 aromatic carbocycles. The van der Waals surface area contributed by atoms with Crippen LogP contribution in [0.25, 0.3) is 5.76 Å². The van der Waals surface area contributed by atoms with Crippen LogP contribution in [0.15, 0.2) is 59.4 Å². The number of aromatic nitrogens is 3. The molecule has 2 aliphatic rings. The first-order chi connectivity index (χ1) is 13.3. The molecular weight excluding hydrogens is 342 g/mol. The number of hydrogen-bond acceptors (Lipinski definition) is 5. The molecule has 0 bridgehead atoms. The molecule has 1 aliphatic carbocycles. The first kappa shape index (κ1) is 15.7. The zero-order valence-electron chi connectivity index (χ0n) is 14.5. The molecule has 0 saturated carbocycles. The Kier molecular flexibility index (Phi) is 3.69. The lowest BCUT2D eigenvalue weighted by atomic mass is 10.1. The second kappa shape index (κ2) is 6.34. The van der Waals surface area contributed by atoms with E-state index in [1.54, 1.807) is 24.4 Å². The highest BCUT2D eigenvalue weighted by Crippen LogP contribution is 2.33. The molecule has 3 aromatic rings. The predicted octanol–water partition coefficient (Wildman–Crippen LogP) is 3.52. The smallest absolute Gasteiger partial charge is 0.336 e. The second-order valence-corrected chi connectivity index (χ2v) is 6.68. The van der Waals surface area contributed by atoms with Crippen molar-refractivity contribution in [2.45, 2.75) is 25.3 Å². The Bertz CT molecular complexity index is 1070. The van der Waals surface area contributed by atoms with E-state index < -0.39 is 0 Å². The van der Waals surface area contributed by atoms with Gasteiger partial charge in [0.25, 0.3) is 5.76 Å². The Balaban J connectivity index is 1.30. The second-order valence-electron chi connectivity index (χ2n) is 6.68. The van der Waals surface area contributed by atoms with Gasteiger partial charge >= 0.3 is 5.76 Å². The number of benzene rings is 1. The molecule has 0 radical (unpaired) electrons. The van der Waals surface area contributed by atoms with Gasteiger partial charge in [-0.25, -0.2) is 0 Å². The Morgan fingerprint density at radius 1 is 1.33 bits per heavy atom. The molecule has 6 heteroatoms. The molecule has 3 heterocycles. The van der Waals surface area contributed by atoms with Crippen molar-refractivity contribution in [2.24, 2.45) is 0 Å². The van der Waals surface area contributed by atoms with Gasteiger partial charge in [-0.1, -0.05) is 29.4 Å². The maximum absolute atomic E-state index is 12.5. The molecule has 5 rings (SSSR count). The summed E-state index contributed by atoms with van der Waals surface area (Å²) in [6, 6.07) is 10.3. The molecule has 1 atom stereocenters. The number of carbonyl (C=O) groups is 1. The molecule has 0 N–H and O–H groups in total. The first-order valence-electron chi connectivity index (χ1n) is 8.85. The van der Waals surface area contributed by atoms with Crippen molar-refractivity contribution in [1.29, 1.82) is 0 Å². The fourth-order valence-corrected chi connectivity index (χ4v) is 3.62. The molecule has 2 aromatic heterocycles. The topological polar surface area (TPSA) is 70.2 Å². The van der Waals surface area contributed by atoms with Crippen LogP contribution in [0.5, 0.6) is 0 Å². The van der Waals surface area contributed by atoms with E-state index >= 15 is 0 Å². The van der Waals surface area contributed by atoms with Crippen molar-refractivity contribution in [3.8, 4) is 0 Å². The number of Topliss-reactive ketones (excluding diaryl/α,β-unsaturated/α-hetero) is 1. The molecule has 6 nitrogen and oxygen atoms in total. The molecule has 0 spiro atoms. The number of allylic oxidation sites excluding steroid dienone is 2. The Morgan fingerprint density at radius 2 is 2.26 bits per heavy atom. The van der Waals surface area contributed by atoms with E-state index in [-0.39, 0.29) is 23.9 Å². The highest BCUT2D eigenvalue weighted by Gasteiger charge is 2.26. The van der Waals surface area contributed by atoms with Gasteiger partial charge in [-0.15, -0.1) is 0 Å². The molecule has 0 saturated heterocycles. The number of hydrogen-bond donors (Lipinski definition) is 0. The van der Waals surface area contributed by atoms with Gasteiger partial charge in [-0.05, 0) is 29.5 Å². The maximum atomic E-state index is 12.5. The van der Waals surface area contributed by atoms with Crippen molar-refractivity contribution in [2.75, 3.05) is 0 Å². The minimum absolute atomic E-state index is 0.119. The zero-order chi connectivity index (χ0) is 18.2. The Labute approximate surface area is 155 Å². The van der Waals surface area contributed by atoms with Gasteiger partial charge in [0, 0.05) is 18.7 Å². The summed E-state index contributed by atoms with van der Waals surface area (Å²) in [4.78, 5) is 12.5. The van der Waals surface area contributed by atoms with Gasteiger partial charge in [0.15, 0.2) is 17.6 Å². The maximum Gasteiger partial charge on any atom is 0.337 e. The summed E-state index contributed by atoms with van der Waals surface area (Å²) in [6.45, 7) is 0. The monoisotopic (exact) mass is 358 g/mol. The summed E-state index contributed by atoms with van der Waals surface area (Å²) in [5.74, 6) is 0.791. The Morgan fingerprint density at radius 3 is 3.15 bits per heavy atom. The van der Waals surface area contributed by atoms with Crippen molar-refractivity contribution in [3.05, 3.63) is 89.3 Å². The number of fused-ring (bicyclic) bond motifs is 1. The van der Waals surface area contributed by atoms with Gasteiger partial charge in [0.05, 0.1) is 12.2 Å². The summed E-state index contributed by atoms with van der Waals surface area (Å²) < 4.78 is 12.3. The molecule has 27 heavy (non-hydrogen) atoms. The van der Waals surface area contributed by atoms with Gasteiger partial charge in [-0.2, -0.15) is 5.10 Å². The van der Waals surface area contributed by atoms with Crippen LogP contribution in [0.2, 0.25) is 0 Å². The van der Waals surface area contributed by atoms with Gasteiger partial charge < -0.3 is 4.52 Å². The lowest BCUT2D eigenvalue weighted by Crippen LogP contribution is -2.08. The number of ketones is 1. The molecule has 0 unspecified atom stereocenters. The van der Waals surface area contributed by atoms with Crippen LogP contribution in [0.4, 0.5) is 0 Å². The first-order valence-corrected chi connectivity index (χ1v) is 8.85. The van der Waals surface area contributed by atoms with E-state index in [0.717, 1.165) is 18.4 Å². The van der Waals surface area contributed by atoms with Gasteiger partial charge in [-0.3, -0.25) is 14.2 Å². The highest BCUT2D eigenvalue weighted by atomic mass is 16.5. The summed E-state index contributed by atoms with van der Waals surface area (Å²) in [6.07, 6.45) is 11.9. The van der Waals surface area contributed by atoms with Gasteiger partial charge in [0.2, 0.25) is 6.26 Å². The van der Waals surface area contributed by atoms with E-state index in [2.05, 4.69) is 40.8 Å². The summed E-state index contributed by atoms with van der Waals surface area (Å²) in [5.41, 5.74) is 3.83.